The Kier molecular flexibility index (Phi) is 3.99. The van der Waals surface area contributed by atoms with Gasteiger partial charge in [-0.15, -0.1) is 0 Å². The molecular weight excluding hydrogens is 254 g/mol. The van der Waals surface area contributed by atoms with E-state index in [0.717, 1.165) is 12.1 Å². The van der Waals surface area contributed by atoms with Crippen molar-refractivity contribution < 1.29 is 18.7 Å². The van der Waals surface area contributed by atoms with Crippen LogP contribution in [0, 0.1) is 11.6 Å². The van der Waals surface area contributed by atoms with Gasteiger partial charge in [-0.3, -0.25) is 4.79 Å². The molecule has 104 valence electrons. The molecule has 0 spiro atoms. The van der Waals surface area contributed by atoms with Gasteiger partial charge >= 0.3 is 0 Å². The van der Waals surface area contributed by atoms with Crippen molar-refractivity contribution in [3.63, 3.8) is 0 Å². The van der Waals surface area contributed by atoms with Crippen LogP contribution in [0.1, 0.15) is 23.2 Å². The van der Waals surface area contributed by atoms with E-state index in [2.05, 4.69) is 5.32 Å². The molecule has 1 atom stereocenters. The third kappa shape index (κ3) is 2.84. The number of benzene rings is 1. The van der Waals surface area contributed by atoms with E-state index in [1.165, 1.54) is 11.9 Å². The minimum Gasteiger partial charge on any atom is -0.391 e. The molecule has 1 unspecified atom stereocenters. The average Bonchev–Trinajstić information content (AvgIpc) is 2.37. The summed E-state index contributed by atoms with van der Waals surface area (Å²) in [6.45, 7) is 0.697. The van der Waals surface area contributed by atoms with E-state index in [9.17, 15) is 18.7 Å². The maximum Gasteiger partial charge on any atom is 0.254 e. The van der Waals surface area contributed by atoms with Gasteiger partial charge in [-0.1, -0.05) is 0 Å². The van der Waals surface area contributed by atoms with Gasteiger partial charge < -0.3 is 15.3 Å². The van der Waals surface area contributed by atoms with E-state index in [1.807, 2.05) is 0 Å². The molecule has 4 nitrogen and oxygen atoms in total. The monoisotopic (exact) mass is 270 g/mol. The molecule has 1 saturated heterocycles. The third-order valence-electron chi connectivity index (χ3n) is 3.22. The summed E-state index contributed by atoms with van der Waals surface area (Å²) in [5.74, 6) is -2.06. The molecule has 1 fully saturated rings. The number of carbonyl (C=O) groups is 1. The van der Waals surface area contributed by atoms with E-state index in [4.69, 9.17) is 0 Å². The highest BCUT2D eigenvalue weighted by Gasteiger charge is 2.24. The number of carbonyl (C=O) groups excluding carboxylic acids is 1. The van der Waals surface area contributed by atoms with Crippen LogP contribution in [0.15, 0.2) is 12.1 Å². The van der Waals surface area contributed by atoms with Crippen molar-refractivity contribution in [3.05, 3.63) is 29.3 Å². The Labute approximate surface area is 110 Å². The summed E-state index contributed by atoms with van der Waals surface area (Å²) in [5, 5.41) is 11.9. The van der Waals surface area contributed by atoms with Crippen LogP contribution < -0.4 is 5.32 Å². The number of rotatable bonds is 2. The molecule has 2 N–H and O–H groups in total. The van der Waals surface area contributed by atoms with Gasteiger partial charge in [0.2, 0.25) is 0 Å². The number of piperidine rings is 1. The molecule has 0 saturated carbocycles. The summed E-state index contributed by atoms with van der Waals surface area (Å²) < 4.78 is 27.2. The molecule has 1 heterocycles. The number of nitrogens with one attached hydrogen (secondary N) is 1. The molecule has 0 radical (unpaired) electrons. The first kappa shape index (κ1) is 13.7. The van der Waals surface area contributed by atoms with E-state index in [1.54, 1.807) is 0 Å². The van der Waals surface area contributed by atoms with Gasteiger partial charge in [-0.05, 0) is 25.0 Å². The lowest BCUT2D eigenvalue weighted by atomic mass is 10.1. The predicted molar refractivity (Wildman–Crippen MR) is 67.0 cm³/mol. The quantitative estimate of drug-likeness (QED) is 0.858. The normalized spacial score (nSPS) is 19.4. The summed E-state index contributed by atoms with van der Waals surface area (Å²) >= 11 is 0. The first-order valence-electron chi connectivity index (χ1n) is 6.17. The molecule has 6 heteroatoms. The molecule has 0 bridgehead atoms. The first-order valence-corrected chi connectivity index (χ1v) is 6.17. The highest BCUT2D eigenvalue weighted by atomic mass is 19.1. The van der Waals surface area contributed by atoms with Crippen molar-refractivity contribution in [1.82, 2.24) is 4.90 Å². The second kappa shape index (κ2) is 5.52. The number of hydrogen-bond acceptors (Lipinski definition) is 3. The minimum atomic E-state index is -0.802. The fourth-order valence-corrected chi connectivity index (χ4v) is 2.26. The second-order valence-corrected chi connectivity index (χ2v) is 4.61. The summed E-state index contributed by atoms with van der Waals surface area (Å²) in [7, 11) is 1.41. The smallest absolute Gasteiger partial charge is 0.254 e. The second-order valence-electron chi connectivity index (χ2n) is 4.61. The number of amides is 1. The fraction of sp³-hybridized carbons (Fsp3) is 0.462. The van der Waals surface area contributed by atoms with Crippen LogP contribution >= 0.6 is 0 Å². The molecule has 1 aromatic carbocycles. The number of aliphatic hydroxyl groups excluding tert-OH is 1. The third-order valence-corrected chi connectivity index (χ3v) is 3.22. The lowest BCUT2D eigenvalue weighted by Gasteiger charge is -2.30. The molecule has 1 aliphatic heterocycles. The van der Waals surface area contributed by atoms with Crippen LogP contribution in [0.5, 0.6) is 0 Å². The average molecular weight is 270 g/mol. The fourth-order valence-electron chi connectivity index (χ4n) is 2.26. The van der Waals surface area contributed by atoms with Crippen molar-refractivity contribution in [3.8, 4) is 0 Å². The SMILES string of the molecule is CNc1c(F)cc(C(=O)N2CCCC(O)C2)cc1F. The standard InChI is InChI=1S/C13H16F2N2O2/c1-16-12-10(14)5-8(6-11(12)15)13(19)17-4-2-3-9(18)7-17/h5-6,9,16,18H,2-4,7H2,1H3. The minimum absolute atomic E-state index is 0.0388. The van der Waals surface area contributed by atoms with Crippen molar-refractivity contribution >= 4 is 11.6 Å². The summed E-state index contributed by atoms with van der Waals surface area (Å²) in [6.07, 6.45) is 0.765. The number of β-amino-alcohol motifs (C(OH)–C–C–N with tert-alkyl or cyclic N) is 1. The van der Waals surface area contributed by atoms with Gasteiger partial charge in [-0.2, -0.15) is 0 Å². The molecule has 19 heavy (non-hydrogen) atoms. The Morgan fingerprint density at radius 3 is 2.58 bits per heavy atom. The highest BCUT2D eigenvalue weighted by molar-refractivity contribution is 5.94. The highest BCUT2D eigenvalue weighted by Crippen LogP contribution is 2.22. The molecule has 2 rings (SSSR count). The van der Waals surface area contributed by atoms with Gasteiger partial charge in [0.15, 0.2) is 0 Å². The van der Waals surface area contributed by atoms with Crippen LogP contribution in [-0.2, 0) is 0 Å². The summed E-state index contributed by atoms with van der Waals surface area (Å²) in [4.78, 5) is 13.5. The van der Waals surface area contributed by atoms with Crippen LogP contribution in [0.3, 0.4) is 0 Å². The largest absolute Gasteiger partial charge is 0.391 e. The van der Waals surface area contributed by atoms with Crippen LogP contribution in [0.25, 0.3) is 0 Å². The van der Waals surface area contributed by atoms with Crippen molar-refractivity contribution in [2.75, 3.05) is 25.5 Å². The molecule has 1 aromatic rings. The predicted octanol–water partition coefficient (Wildman–Crippen LogP) is 1.60. The number of anilines is 1. The maximum absolute atomic E-state index is 13.6. The lowest BCUT2D eigenvalue weighted by molar-refractivity contribution is 0.0473. The summed E-state index contributed by atoms with van der Waals surface area (Å²) in [5.41, 5.74) is -0.293. The zero-order valence-electron chi connectivity index (χ0n) is 10.6. The van der Waals surface area contributed by atoms with Crippen LogP contribution in [0.4, 0.5) is 14.5 Å². The van der Waals surface area contributed by atoms with Crippen molar-refractivity contribution in [1.29, 1.82) is 0 Å². The molecular formula is C13H16F2N2O2. The molecule has 1 amide bonds. The first-order chi connectivity index (χ1) is 9.02. The number of nitrogens with zero attached hydrogens (tertiary/aromatic N) is 1. The van der Waals surface area contributed by atoms with E-state index >= 15 is 0 Å². The Morgan fingerprint density at radius 2 is 2.05 bits per heavy atom. The summed E-state index contributed by atoms with van der Waals surface area (Å²) in [6, 6.07) is 2.02. The number of halogens is 2. The Bertz CT molecular complexity index is 471. The van der Waals surface area contributed by atoms with Crippen LogP contribution in [0.2, 0.25) is 0 Å². The molecule has 0 aromatic heterocycles. The number of likely N-dealkylation sites (tertiary alicyclic amines) is 1. The van der Waals surface area contributed by atoms with Gasteiger partial charge in [0.25, 0.3) is 5.91 Å². The van der Waals surface area contributed by atoms with Crippen molar-refractivity contribution in [2.24, 2.45) is 0 Å². The van der Waals surface area contributed by atoms with Gasteiger partial charge in [0.1, 0.15) is 17.3 Å². The molecule has 1 aliphatic rings. The van der Waals surface area contributed by atoms with Gasteiger partial charge in [0.05, 0.1) is 6.10 Å². The number of aliphatic hydroxyl groups is 1. The van der Waals surface area contributed by atoms with Gasteiger partial charge in [0, 0.05) is 25.7 Å². The molecule has 0 aliphatic carbocycles. The lowest BCUT2D eigenvalue weighted by Crippen LogP contribution is -2.42. The number of hydrogen-bond donors (Lipinski definition) is 2. The van der Waals surface area contributed by atoms with Crippen molar-refractivity contribution in [2.45, 2.75) is 18.9 Å². The van der Waals surface area contributed by atoms with E-state index in [0.29, 0.717) is 19.4 Å². The van der Waals surface area contributed by atoms with Gasteiger partial charge in [-0.25, -0.2) is 8.78 Å². The van der Waals surface area contributed by atoms with E-state index < -0.39 is 23.6 Å². The Morgan fingerprint density at radius 1 is 1.42 bits per heavy atom. The zero-order valence-corrected chi connectivity index (χ0v) is 10.6. The van der Waals surface area contributed by atoms with E-state index in [-0.39, 0.29) is 17.8 Å². The zero-order chi connectivity index (χ0) is 14.0. The Balaban J connectivity index is 2.24. The Hall–Kier alpha value is -1.69. The topological polar surface area (TPSA) is 52.6 Å². The maximum atomic E-state index is 13.6. The van der Waals surface area contributed by atoms with Crippen LogP contribution in [-0.4, -0.2) is 42.2 Å².